The minimum Gasteiger partial charge on any atom is -0.233 e. The normalized spacial score (nSPS) is 13.0. The third-order valence-electron chi connectivity index (χ3n) is 5.28. The molecule has 0 fully saturated rings. The largest absolute Gasteiger partial charge is 0.233 e. The van der Waals surface area contributed by atoms with Crippen LogP contribution in [-0.2, 0) is 0 Å². The molecule has 0 radical (unpaired) electrons. The molecule has 0 spiro atoms. The molecule has 1 unspecified atom stereocenters. The maximum absolute atomic E-state index is 13.2. The fraction of sp³-hybridized carbons (Fsp3) is 0.348. The Bertz CT molecular complexity index is 929. The van der Waals surface area contributed by atoms with E-state index in [9.17, 15) is 4.39 Å². The lowest BCUT2D eigenvalue weighted by molar-refractivity contribution is 0.311. The van der Waals surface area contributed by atoms with Crippen LogP contribution in [-0.4, -0.2) is 9.78 Å². The monoisotopic (exact) mass is 350 g/mol. The summed E-state index contributed by atoms with van der Waals surface area (Å²) in [6, 6.07) is 13.0. The van der Waals surface area contributed by atoms with E-state index in [2.05, 4.69) is 64.0 Å². The second-order valence-electron chi connectivity index (χ2n) is 7.91. The summed E-state index contributed by atoms with van der Waals surface area (Å²) in [5.41, 5.74) is 4.72. The number of rotatable bonds is 5. The van der Waals surface area contributed by atoms with Crippen LogP contribution in [0.25, 0.3) is 16.6 Å². The first kappa shape index (κ1) is 18.4. The molecule has 0 N–H and O–H groups in total. The Kier molecular flexibility index (Phi) is 4.99. The number of aromatic nitrogens is 2. The van der Waals surface area contributed by atoms with Gasteiger partial charge in [0.2, 0.25) is 0 Å². The molecular weight excluding hydrogens is 323 g/mol. The highest BCUT2D eigenvalue weighted by molar-refractivity contribution is 5.81. The van der Waals surface area contributed by atoms with Crippen molar-refractivity contribution in [2.45, 2.75) is 47.0 Å². The molecule has 0 aliphatic rings. The van der Waals surface area contributed by atoms with Crippen molar-refractivity contribution in [2.75, 3.05) is 0 Å². The molecule has 136 valence electrons. The lowest BCUT2D eigenvalue weighted by Crippen LogP contribution is -2.20. The minimum absolute atomic E-state index is 0.178. The second kappa shape index (κ2) is 7.06. The first-order valence-electron chi connectivity index (χ1n) is 9.20. The number of benzene rings is 2. The van der Waals surface area contributed by atoms with Gasteiger partial charge in [0.15, 0.2) is 0 Å². The lowest BCUT2D eigenvalue weighted by atomic mass is 9.72. The molecule has 0 saturated carbocycles. The van der Waals surface area contributed by atoms with E-state index in [-0.39, 0.29) is 11.2 Å². The van der Waals surface area contributed by atoms with E-state index in [1.54, 1.807) is 12.1 Å². The van der Waals surface area contributed by atoms with Crippen LogP contribution >= 0.6 is 0 Å². The Morgan fingerprint density at radius 2 is 1.85 bits per heavy atom. The standard InChI is InChI=1S/C23H27FN2/c1-6-23(4,5)21(13-16(2)3)17-7-12-22-18(14-17)15-25-26(22)20-10-8-19(24)9-11-20/h7-15,21H,6H2,1-5H3. The van der Waals surface area contributed by atoms with Gasteiger partial charge in [-0.25, -0.2) is 9.07 Å². The summed E-state index contributed by atoms with van der Waals surface area (Å²) in [6.45, 7) is 11.2. The molecular formula is C23H27FN2. The van der Waals surface area contributed by atoms with Gasteiger partial charge in [-0.1, -0.05) is 44.9 Å². The van der Waals surface area contributed by atoms with E-state index in [1.807, 2.05) is 10.9 Å². The quantitative estimate of drug-likeness (QED) is 0.471. The van der Waals surface area contributed by atoms with Crippen molar-refractivity contribution in [3.63, 3.8) is 0 Å². The number of fused-ring (bicyclic) bond motifs is 1. The summed E-state index contributed by atoms with van der Waals surface area (Å²) in [4.78, 5) is 0. The summed E-state index contributed by atoms with van der Waals surface area (Å²) in [7, 11) is 0. The molecule has 0 aliphatic heterocycles. The minimum atomic E-state index is -0.237. The van der Waals surface area contributed by atoms with Crippen molar-refractivity contribution in [1.29, 1.82) is 0 Å². The predicted octanol–water partition coefficient (Wildman–Crippen LogP) is 6.65. The zero-order valence-corrected chi connectivity index (χ0v) is 16.3. The number of halogens is 1. The molecule has 3 rings (SSSR count). The van der Waals surface area contributed by atoms with E-state index >= 15 is 0 Å². The first-order valence-corrected chi connectivity index (χ1v) is 9.20. The maximum atomic E-state index is 13.2. The van der Waals surface area contributed by atoms with E-state index in [0.717, 1.165) is 23.0 Å². The van der Waals surface area contributed by atoms with Crippen molar-refractivity contribution in [1.82, 2.24) is 9.78 Å². The molecule has 0 amide bonds. The fourth-order valence-corrected chi connectivity index (χ4v) is 3.36. The molecule has 2 nitrogen and oxygen atoms in total. The van der Waals surface area contributed by atoms with Gasteiger partial charge in [0.05, 0.1) is 17.4 Å². The summed E-state index contributed by atoms with van der Waals surface area (Å²) in [5.74, 6) is 0.120. The SMILES string of the molecule is CCC(C)(C)C(C=C(C)C)c1ccc2c(cnn2-c2ccc(F)cc2)c1. The van der Waals surface area contributed by atoms with Crippen LogP contribution in [0.1, 0.15) is 52.5 Å². The predicted molar refractivity (Wildman–Crippen MR) is 107 cm³/mol. The average Bonchev–Trinajstić information content (AvgIpc) is 3.03. The molecule has 0 bridgehead atoms. The Labute approximate surface area is 155 Å². The maximum Gasteiger partial charge on any atom is 0.123 e. The van der Waals surface area contributed by atoms with Crippen LogP contribution in [0.15, 0.2) is 60.3 Å². The van der Waals surface area contributed by atoms with Gasteiger partial charge >= 0.3 is 0 Å². The van der Waals surface area contributed by atoms with Crippen molar-refractivity contribution in [2.24, 2.45) is 5.41 Å². The van der Waals surface area contributed by atoms with Gasteiger partial charge in [-0.2, -0.15) is 5.10 Å². The van der Waals surface area contributed by atoms with Gasteiger partial charge in [-0.05, 0) is 61.2 Å². The molecule has 2 aromatic carbocycles. The smallest absolute Gasteiger partial charge is 0.123 e. The Balaban J connectivity index is 2.07. The number of nitrogens with zero attached hydrogens (tertiary/aromatic N) is 2. The Morgan fingerprint density at radius 1 is 1.15 bits per heavy atom. The molecule has 0 saturated heterocycles. The molecule has 3 heteroatoms. The zero-order chi connectivity index (χ0) is 18.9. The van der Waals surface area contributed by atoms with Crippen LogP contribution in [0.5, 0.6) is 0 Å². The van der Waals surface area contributed by atoms with Crippen LogP contribution in [0.3, 0.4) is 0 Å². The molecule has 26 heavy (non-hydrogen) atoms. The average molecular weight is 350 g/mol. The van der Waals surface area contributed by atoms with Gasteiger partial charge in [0.1, 0.15) is 5.82 Å². The summed E-state index contributed by atoms with van der Waals surface area (Å²) in [6.07, 6.45) is 5.37. The van der Waals surface area contributed by atoms with Crippen LogP contribution in [0.2, 0.25) is 0 Å². The number of allylic oxidation sites excluding steroid dienone is 2. The van der Waals surface area contributed by atoms with E-state index < -0.39 is 0 Å². The van der Waals surface area contributed by atoms with Crippen molar-refractivity contribution in [3.05, 3.63) is 71.7 Å². The molecule has 1 atom stereocenters. The van der Waals surface area contributed by atoms with Gasteiger partial charge in [-0.3, -0.25) is 0 Å². The summed E-state index contributed by atoms with van der Waals surface area (Å²) < 4.78 is 15.1. The highest BCUT2D eigenvalue weighted by atomic mass is 19.1. The highest BCUT2D eigenvalue weighted by Gasteiger charge is 2.27. The van der Waals surface area contributed by atoms with Crippen LogP contribution in [0.4, 0.5) is 4.39 Å². The van der Waals surface area contributed by atoms with Crippen LogP contribution in [0, 0.1) is 11.2 Å². The third-order valence-corrected chi connectivity index (χ3v) is 5.28. The van der Waals surface area contributed by atoms with E-state index in [0.29, 0.717) is 5.92 Å². The van der Waals surface area contributed by atoms with Crippen molar-refractivity contribution < 1.29 is 4.39 Å². The molecule has 3 aromatic rings. The lowest BCUT2D eigenvalue weighted by Gasteiger charge is -2.32. The van der Waals surface area contributed by atoms with Gasteiger partial charge in [0.25, 0.3) is 0 Å². The summed E-state index contributed by atoms with van der Waals surface area (Å²) >= 11 is 0. The molecule has 0 aliphatic carbocycles. The number of hydrogen-bond donors (Lipinski definition) is 0. The molecule has 1 heterocycles. The second-order valence-corrected chi connectivity index (χ2v) is 7.91. The van der Waals surface area contributed by atoms with Gasteiger partial charge in [0, 0.05) is 11.3 Å². The topological polar surface area (TPSA) is 17.8 Å². The van der Waals surface area contributed by atoms with E-state index in [4.69, 9.17) is 0 Å². The number of hydrogen-bond acceptors (Lipinski definition) is 1. The fourth-order valence-electron chi connectivity index (χ4n) is 3.36. The molecule has 1 aromatic heterocycles. The van der Waals surface area contributed by atoms with Crippen LogP contribution < -0.4 is 0 Å². The highest BCUT2D eigenvalue weighted by Crippen LogP contribution is 2.41. The van der Waals surface area contributed by atoms with Crippen molar-refractivity contribution in [3.8, 4) is 5.69 Å². The Morgan fingerprint density at radius 3 is 2.46 bits per heavy atom. The Hall–Kier alpha value is -2.42. The van der Waals surface area contributed by atoms with Gasteiger partial charge in [-0.15, -0.1) is 0 Å². The summed E-state index contributed by atoms with van der Waals surface area (Å²) in [5, 5.41) is 5.62. The van der Waals surface area contributed by atoms with Crippen molar-refractivity contribution >= 4 is 10.9 Å². The van der Waals surface area contributed by atoms with E-state index in [1.165, 1.54) is 23.3 Å². The first-order chi connectivity index (χ1) is 12.3. The third kappa shape index (κ3) is 3.57. The van der Waals surface area contributed by atoms with Gasteiger partial charge < -0.3 is 0 Å². The zero-order valence-electron chi connectivity index (χ0n) is 16.3.